The summed E-state index contributed by atoms with van der Waals surface area (Å²) < 4.78 is 5.15. The lowest BCUT2D eigenvalue weighted by Crippen LogP contribution is -2.49. The number of nitrogens with one attached hydrogen (secondary N) is 2. The molecule has 0 aromatic rings. The van der Waals surface area contributed by atoms with Crippen molar-refractivity contribution in [2.75, 3.05) is 13.2 Å². The second-order valence-electron chi connectivity index (χ2n) is 4.86. The van der Waals surface area contributed by atoms with Crippen LogP contribution in [0.1, 0.15) is 47.0 Å². The Kier molecular flexibility index (Phi) is 9.41. The highest BCUT2D eigenvalue weighted by atomic mass is 16.5. The molecule has 0 aliphatic carbocycles. The van der Waals surface area contributed by atoms with Crippen molar-refractivity contribution in [3.05, 3.63) is 0 Å². The lowest BCUT2D eigenvalue weighted by molar-refractivity contribution is -0.149. The summed E-state index contributed by atoms with van der Waals surface area (Å²) in [4.78, 5) is 34.4. The van der Waals surface area contributed by atoms with Crippen molar-refractivity contribution in [3.8, 4) is 0 Å². The van der Waals surface area contributed by atoms with E-state index in [0.29, 0.717) is 6.61 Å². The number of carbonyl (C=O) groups is 3. The van der Waals surface area contributed by atoms with Crippen LogP contribution >= 0.6 is 0 Å². The summed E-state index contributed by atoms with van der Waals surface area (Å²) in [5.41, 5.74) is 0. The summed E-state index contributed by atoms with van der Waals surface area (Å²) in [6, 6.07) is -0.668. The third kappa shape index (κ3) is 7.76. The molecule has 2 N–H and O–H groups in total. The lowest BCUT2D eigenvalue weighted by Gasteiger charge is -2.22. The number of rotatable bonds is 9. The SMILES string of the molecule is CCCCOC(=O)[C@@H](NC(=O)CNC(C)=O)C(C)CC. The van der Waals surface area contributed by atoms with Crippen molar-refractivity contribution in [1.29, 1.82) is 0 Å². The maximum atomic E-state index is 12.0. The highest BCUT2D eigenvalue weighted by molar-refractivity contribution is 5.87. The summed E-state index contributed by atoms with van der Waals surface area (Å²) in [6.07, 6.45) is 2.49. The van der Waals surface area contributed by atoms with E-state index in [1.807, 2.05) is 20.8 Å². The zero-order chi connectivity index (χ0) is 15.5. The second kappa shape index (κ2) is 10.2. The molecule has 0 aliphatic heterocycles. The first kappa shape index (κ1) is 18.4. The molecular formula is C14H26N2O4. The van der Waals surface area contributed by atoms with Gasteiger partial charge in [-0.2, -0.15) is 0 Å². The van der Waals surface area contributed by atoms with E-state index < -0.39 is 17.9 Å². The van der Waals surface area contributed by atoms with Crippen LogP contribution in [0.15, 0.2) is 0 Å². The van der Waals surface area contributed by atoms with E-state index in [2.05, 4.69) is 10.6 Å². The molecule has 0 bridgehead atoms. The highest BCUT2D eigenvalue weighted by Gasteiger charge is 2.27. The van der Waals surface area contributed by atoms with E-state index in [0.717, 1.165) is 19.3 Å². The molecule has 0 aromatic heterocycles. The summed E-state index contributed by atoms with van der Waals surface area (Å²) in [7, 11) is 0. The van der Waals surface area contributed by atoms with E-state index in [4.69, 9.17) is 4.74 Å². The summed E-state index contributed by atoms with van der Waals surface area (Å²) in [6.45, 7) is 7.39. The molecule has 2 atom stereocenters. The van der Waals surface area contributed by atoms with Crippen LogP contribution in [0.25, 0.3) is 0 Å². The molecule has 0 saturated carbocycles. The van der Waals surface area contributed by atoms with Gasteiger partial charge in [0.05, 0.1) is 13.2 Å². The van der Waals surface area contributed by atoms with Gasteiger partial charge in [0, 0.05) is 6.92 Å². The van der Waals surface area contributed by atoms with Crippen LogP contribution < -0.4 is 10.6 Å². The number of esters is 1. The monoisotopic (exact) mass is 286 g/mol. The average Bonchev–Trinajstić information content (AvgIpc) is 2.41. The molecule has 6 nitrogen and oxygen atoms in total. The summed E-state index contributed by atoms with van der Waals surface area (Å²) >= 11 is 0. The number of ether oxygens (including phenoxy) is 1. The molecule has 0 radical (unpaired) electrons. The minimum Gasteiger partial charge on any atom is -0.464 e. The van der Waals surface area contributed by atoms with Crippen LogP contribution in [0.3, 0.4) is 0 Å². The minimum absolute atomic E-state index is 0.0228. The fraction of sp³-hybridized carbons (Fsp3) is 0.786. The molecule has 0 heterocycles. The van der Waals surface area contributed by atoms with E-state index in [9.17, 15) is 14.4 Å². The maximum Gasteiger partial charge on any atom is 0.328 e. The van der Waals surface area contributed by atoms with Crippen LogP contribution in [-0.4, -0.2) is 37.0 Å². The van der Waals surface area contributed by atoms with E-state index in [-0.39, 0.29) is 18.4 Å². The first-order chi connectivity index (χ1) is 9.42. The van der Waals surface area contributed by atoms with Crippen molar-refractivity contribution in [1.82, 2.24) is 10.6 Å². The predicted octanol–water partition coefficient (Wildman–Crippen LogP) is 0.997. The molecule has 0 aromatic carbocycles. The molecule has 0 fully saturated rings. The fourth-order valence-corrected chi connectivity index (χ4v) is 1.51. The van der Waals surface area contributed by atoms with Gasteiger partial charge in [0.25, 0.3) is 0 Å². The zero-order valence-electron chi connectivity index (χ0n) is 12.8. The van der Waals surface area contributed by atoms with Crippen LogP contribution in [0, 0.1) is 5.92 Å². The Morgan fingerprint density at radius 2 is 1.85 bits per heavy atom. The number of amides is 2. The van der Waals surface area contributed by atoms with Gasteiger partial charge in [0.2, 0.25) is 11.8 Å². The highest BCUT2D eigenvalue weighted by Crippen LogP contribution is 2.09. The van der Waals surface area contributed by atoms with Gasteiger partial charge in [0.15, 0.2) is 0 Å². The van der Waals surface area contributed by atoms with E-state index in [1.165, 1.54) is 6.92 Å². The van der Waals surface area contributed by atoms with Crippen molar-refractivity contribution in [2.24, 2.45) is 5.92 Å². The molecule has 116 valence electrons. The Morgan fingerprint density at radius 3 is 2.35 bits per heavy atom. The molecule has 1 unspecified atom stereocenters. The smallest absolute Gasteiger partial charge is 0.328 e. The quantitative estimate of drug-likeness (QED) is 0.489. The molecule has 6 heteroatoms. The number of unbranched alkanes of at least 4 members (excludes halogenated alkanes) is 1. The summed E-state index contributed by atoms with van der Waals surface area (Å²) in [5, 5.41) is 5.02. The lowest BCUT2D eigenvalue weighted by atomic mass is 9.99. The van der Waals surface area contributed by atoms with Crippen LogP contribution in [-0.2, 0) is 19.1 Å². The van der Waals surface area contributed by atoms with Crippen molar-refractivity contribution >= 4 is 17.8 Å². The van der Waals surface area contributed by atoms with Gasteiger partial charge in [-0.1, -0.05) is 33.6 Å². The van der Waals surface area contributed by atoms with Crippen LogP contribution in [0.2, 0.25) is 0 Å². The zero-order valence-corrected chi connectivity index (χ0v) is 12.8. The van der Waals surface area contributed by atoms with Crippen molar-refractivity contribution in [3.63, 3.8) is 0 Å². The maximum absolute atomic E-state index is 12.0. The van der Waals surface area contributed by atoms with E-state index in [1.54, 1.807) is 0 Å². The normalized spacial score (nSPS) is 13.2. The molecule has 0 saturated heterocycles. The Morgan fingerprint density at radius 1 is 1.20 bits per heavy atom. The average molecular weight is 286 g/mol. The largest absolute Gasteiger partial charge is 0.464 e. The Balaban J connectivity index is 4.44. The van der Waals surface area contributed by atoms with Crippen LogP contribution in [0.4, 0.5) is 0 Å². The molecular weight excluding hydrogens is 260 g/mol. The predicted molar refractivity (Wildman–Crippen MR) is 75.9 cm³/mol. The third-order valence-corrected chi connectivity index (χ3v) is 3.02. The first-order valence-corrected chi connectivity index (χ1v) is 7.12. The summed E-state index contributed by atoms with van der Waals surface area (Å²) in [5.74, 6) is -1.11. The van der Waals surface area contributed by atoms with Crippen molar-refractivity contribution in [2.45, 2.75) is 53.0 Å². The molecule has 2 amide bonds. The Hall–Kier alpha value is -1.59. The Labute approximate surface area is 120 Å². The second-order valence-corrected chi connectivity index (χ2v) is 4.86. The number of carbonyl (C=O) groups excluding carboxylic acids is 3. The standard InChI is InChI=1S/C14H26N2O4/c1-5-7-8-20-14(19)13(10(3)6-2)16-12(18)9-15-11(4)17/h10,13H,5-9H2,1-4H3,(H,15,17)(H,16,18)/t10?,13-/m0/s1. The van der Waals surface area contributed by atoms with Gasteiger partial charge in [0.1, 0.15) is 6.04 Å². The van der Waals surface area contributed by atoms with Gasteiger partial charge in [-0.15, -0.1) is 0 Å². The van der Waals surface area contributed by atoms with Gasteiger partial charge < -0.3 is 15.4 Å². The topological polar surface area (TPSA) is 84.5 Å². The first-order valence-electron chi connectivity index (χ1n) is 7.12. The third-order valence-electron chi connectivity index (χ3n) is 3.02. The minimum atomic E-state index is -0.668. The fourth-order valence-electron chi connectivity index (χ4n) is 1.51. The number of hydrogen-bond donors (Lipinski definition) is 2. The van der Waals surface area contributed by atoms with Crippen LogP contribution in [0.5, 0.6) is 0 Å². The molecule has 0 aliphatic rings. The number of hydrogen-bond acceptors (Lipinski definition) is 4. The van der Waals surface area contributed by atoms with Gasteiger partial charge in [-0.05, 0) is 12.3 Å². The van der Waals surface area contributed by atoms with Gasteiger partial charge >= 0.3 is 5.97 Å². The Bertz CT molecular complexity index is 331. The van der Waals surface area contributed by atoms with Gasteiger partial charge in [-0.3, -0.25) is 9.59 Å². The van der Waals surface area contributed by atoms with Crippen molar-refractivity contribution < 1.29 is 19.1 Å². The van der Waals surface area contributed by atoms with Gasteiger partial charge in [-0.25, -0.2) is 4.79 Å². The molecule has 20 heavy (non-hydrogen) atoms. The van der Waals surface area contributed by atoms with E-state index >= 15 is 0 Å². The molecule has 0 rings (SSSR count). The molecule has 0 spiro atoms.